The van der Waals surface area contributed by atoms with Crippen molar-refractivity contribution in [2.75, 3.05) is 18.3 Å². The third kappa shape index (κ3) is 3.83. The first-order valence-corrected chi connectivity index (χ1v) is 7.64. The average molecular weight is 324 g/mol. The van der Waals surface area contributed by atoms with Crippen molar-refractivity contribution in [1.29, 1.82) is 0 Å². The fraction of sp³-hybridized carbons (Fsp3) is 0.200. The molecule has 21 heavy (non-hydrogen) atoms. The Labute approximate surface area is 131 Å². The first-order valence-electron chi connectivity index (χ1n) is 6.29. The lowest BCUT2D eigenvalue weighted by Gasteiger charge is -2.03. The Morgan fingerprint density at radius 1 is 1.29 bits per heavy atom. The van der Waals surface area contributed by atoms with Gasteiger partial charge in [0.1, 0.15) is 5.00 Å². The van der Waals surface area contributed by atoms with Crippen molar-refractivity contribution in [3.05, 3.63) is 42.0 Å². The lowest BCUT2D eigenvalue weighted by molar-refractivity contribution is -0.115. The lowest BCUT2D eigenvalue weighted by Crippen LogP contribution is -2.13. The van der Waals surface area contributed by atoms with Crippen LogP contribution in [0.15, 0.2) is 36.4 Å². The minimum absolute atomic E-state index is 0.195. The number of carbonyl (C=O) groups excluding carboxylic acids is 2. The van der Waals surface area contributed by atoms with Crippen molar-refractivity contribution < 1.29 is 14.3 Å². The summed E-state index contributed by atoms with van der Waals surface area (Å²) in [6.45, 7) is 0. The molecule has 1 aromatic heterocycles. The van der Waals surface area contributed by atoms with Crippen LogP contribution in [0.1, 0.15) is 16.8 Å². The molecular formula is C15H14ClNO3S. The van der Waals surface area contributed by atoms with Crippen LogP contribution < -0.4 is 5.32 Å². The number of halogens is 1. The van der Waals surface area contributed by atoms with Gasteiger partial charge in [0, 0.05) is 17.2 Å². The van der Waals surface area contributed by atoms with Crippen LogP contribution in [0.3, 0.4) is 0 Å². The summed E-state index contributed by atoms with van der Waals surface area (Å²) >= 11 is 6.88. The molecule has 0 unspecified atom stereocenters. The maximum Gasteiger partial charge on any atom is 0.340 e. The Morgan fingerprint density at radius 2 is 2.00 bits per heavy atom. The second-order valence-electron chi connectivity index (χ2n) is 4.20. The molecule has 6 heteroatoms. The largest absolute Gasteiger partial charge is 0.465 e. The number of rotatable bonds is 5. The van der Waals surface area contributed by atoms with Gasteiger partial charge < -0.3 is 10.1 Å². The Hall–Kier alpha value is -1.85. The van der Waals surface area contributed by atoms with Crippen LogP contribution in [0.4, 0.5) is 5.00 Å². The number of amides is 1. The molecule has 0 saturated carbocycles. The lowest BCUT2D eigenvalue weighted by atomic mass is 10.1. The third-order valence-electron chi connectivity index (χ3n) is 2.77. The number of esters is 1. The molecule has 1 heterocycles. The van der Waals surface area contributed by atoms with Crippen LogP contribution >= 0.6 is 22.9 Å². The normalized spacial score (nSPS) is 10.2. The van der Waals surface area contributed by atoms with E-state index in [4.69, 9.17) is 16.3 Å². The molecule has 0 bridgehead atoms. The molecule has 2 rings (SSSR count). The van der Waals surface area contributed by atoms with Crippen molar-refractivity contribution in [3.8, 4) is 10.4 Å². The monoisotopic (exact) mass is 323 g/mol. The summed E-state index contributed by atoms with van der Waals surface area (Å²) in [6.07, 6.45) is 0.195. The zero-order chi connectivity index (χ0) is 15.2. The summed E-state index contributed by atoms with van der Waals surface area (Å²) in [5.74, 6) is -0.470. The number of methoxy groups -OCH3 is 1. The molecule has 0 atom stereocenters. The van der Waals surface area contributed by atoms with Crippen LogP contribution in [-0.2, 0) is 9.53 Å². The van der Waals surface area contributed by atoms with Crippen LogP contribution in [-0.4, -0.2) is 24.9 Å². The van der Waals surface area contributed by atoms with E-state index in [1.54, 1.807) is 6.07 Å². The van der Waals surface area contributed by atoms with Crippen LogP contribution in [0.2, 0.25) is 0 Å². The molecule has 1 N–H and O–H groups in total. The van der Waals surface area contributed by atoms with E-state index >= 15 is 0 Å². The first kappa shape index (κ1) is 15.5. The molecule has 0 aliphatic heterocycles. The van der Waals surface area contributed by atoms with Gasteiger partial charge in [-0.3, -0.25) is 4.79 Å². The number of benzene rings is 1. The topological polar surface area (TPSA) is 55.4 Å². The molecule has 1 aromatic carbocycles. The molecule has 0 saturated heterocycles. The summed E-state index contributed by atoms with van der Waals surface area (Å²) < 4.78 is 4.76. The predicted octanol–water partition coefficient (Wildman–Crippen LogP) is 3.77. The third-order valence-corrected chi connectivity index (χ3v) is 4.06. The van der Waals surface area contributed by atoms with Crippen LogP contribution in [0.25, 0.3) is 10.4 Å². The fourth-order valence-electron chi connectivity index (χ4n) is 1.77. The summed E-state index contributed by atoms with van der Waals surface area (Å²) in [5, 5.41) is 3.19. The Bertz CT molecular complexity index is 640. The fourth-order valence-corrected chi connectivity index (χ4v) is 3.00. The van der Waals surface area contributed by atoms with E-state index in [0.717, 1.165) is 10.4 Å². The molecule has 0 aliphatic carbocycles. The van der Waals surface area contributed by atoms with Crippen molar-refractivity contribution in [2.45, 2.75) is 6.42 Å². The SMILES string of the molecule is COC(=O)c1cc(-c2ccccc2)sc1NC(=O)CCCl. The van der Waals surface area contributed by atoms with Crippen LogP contribution in [0, 0.1) is 0 Å². The number of ether oxygens (including phenoxy) is 1. The molecule has 0 fully saturated rings. The molecule has 0 spiro atoms. The summed E-state index contributed by atoms with van der Waals surface area (Å²) in [6, 6.07) is 11.4. The molecule has 110 valence electrons. The number of hydrogen-bond acceptors (Lipinski definition) is 4. The number of thiophene rings is 1. The summed E-state index contributed by atoms with van der Waals surface area (Å²) in [5.41, 5.74) is 1.33. The van der Waals surface area contributed by atoms with Gasteiger partial charge in [0.15, 0.2) is 0 Å². The highest BCUT2D eigenvalue weighted by molar-refractivity contribution is 7.20. The number of anilines is 1. The summed E-state index contributed by atoms with van der Waals surface area (Å²) in [7, 11) is 1.31. The minimum Gasteiger partial charge on any atom is -0.465 e. The van der Waals surface area contributed by atoms with Gasteiger partial charge in [-0.2, -0.15) is 0 Å². The second-order valence-corrected chi connectivity index (χ2v) is 5.63. The molecule has 0 aliphatic rings. The van der Waals surface area contributed by atoms with E-state index in [0.29, 0.717) is 10.6 Å². The first-order chi connectivity index (χ1) is 10.2. The van der Waals surface area contributed by atoms with Crippen molar-refractivity contribution in [2.24, 2.45) is 0 Å². The number of nitrogens with one attached hydrogen (secondary N) is 1. The van der Waals surface area contributed by atoms with Gasteiger partial charge in [-0.05, 0) is 11.6 Å². The van der Waals surface area contributed by atoms with Gasteiger partial charge in [0.2, 0.25) is 5.91 Å². The van der Waals surface area contributed by atoms with Gasteiger partial charge in [-0.15, -0.1) is 22.9 Å². The van der Waals surface area contributed by atoms with Crippen molar-refractivity contribution in [3.63, 3.8) is 0 Å². The Morgan fingerprint density at radius 3 is 2.62 bits per heavy atom. The molecule has 2 aromatic rings. The summed E-state index contributed by atoms with van der Waals surface area (Å²) in [4.78, 5) is 24.4. The zero-order valence-electron chi connectivity index (χ0n) is 11.4. The average Bonchev–Trinajstić information content (AvgIpc) is 2.91. The maximum atomic E-state index is 11.8. The van der Waals surface area contributed by atoms with Gasteiger partial charge >= 0.3 is 5.97 Å². The zero-order valence-corrected chi connectivity index (χ0v) is 13.0. The van der Waals surface area contributed by atoms with E-state index in [-0.39, 0.29) is 18.2 Å². The predicted molar refractivity (Wildman–Crippen MR) is 85.1 cm³/mol. The minimum atomic E-state index is -0.477. The Kier molecular flexibility index (Phi) is 5.36. The maximum absolute atomic E-state index is 11.8. The van der Waals surface area contributed by atoms with Gasteiger partial charge in [-0.1, -0.05) is 30.3 Å². The standard InChI is InChI=1S/C15H14ClNO3S/c1-20-15(19)11-9-12(10-5-3-2-4-6-10)21-14(11)17-13(18)7-8-16/h2-6,9H,7-8H2,1H3,(H,17,18). The highest BCUT2D eigenvalue weighted by atomic mass is 35.5. The number of carbonyl (C=O) groups is 2. The van der Waals surface area contributed by atoms with Gasteiger partial charge in [0.05, 0.1) is 12.7 Å². The highest BCUT2D eigenvalue weighted by Crippen LogP contribution is 2.35. The van der Waals surface area contributed by atoms with Crippen molar-refractivity contribution >= 4 is 39.8 Å². The molecule has 1 amide bonds. The van der Waals surface area contributed by atoms with E-state index in [1.807, 2.05) is 30.3 Å². The molecular weight excluding hydrogens is 310 g/mol. The molecule has 4 nitrogen and oxygen atoms in total. The highest BCUT2D eigenvalue weighted by Gasteiger charge is 2.19. The van der Waals surface area contributed by atoms with E-state index in [1.165, 1.54) is 18.4 Å². The quantitative estimate of drug-likeness (QED) is 0.673. The number of hydrogen-bond donors (Lipinski definition) is 1. The van der Waals surface area contributed by atoms with Crippen LogP contribution in [0.5, 0.6) is 0 Å². The van der Waals surface area contributed by atoms with Gasteiger partial charge in [0.25, 0.3) is 0 Å². The van der Waals surface area contributed by atoms with E-state index in [9.17, 15) is 9.59 Å². The number of alkyl halides is 1. The second kappa shape index (κ2) is 7.24. The van der Waals surface area contributed by atoms with Gasteiger partial charge in [-0.25, -0.2) is 4.79 Å². The smallest absolute Gasteiger partial charge is 0.340 e. The van der Waals surface area contributed by atoms with E-state index < -0.39 is 5.97 Å². The van der Waals surface area contributed by atoms with E-state index in [2.05, 4.69) is 5.32 Å². The molecule has 0 radical (unpaired) electrons. The Balaban J connectivity index is 2.36. The van der Waals surface area contributed by atoms with Crippen molar-refractivity contribution in [1.82, 2.24) is 0 Å².